The van der Waals surface area contributed by atoms with Gasteiger partial charge in [0.25, 0.3) is 0 Å². The number of hydrogen-bond acceptors (Lipinski definition) is 2. The minimum absolute atomic E-state index is 0.550. The molecule has 0 saturated heterocycles. The normalized spacial score (nSPS) is 27.5. The Bertz CT molecular complexity index is 424. The topological polar surface area (TPSA) is 21.3 Å². The molecule has 2 heteroatoms. The number of hydrogen-bond donors (Lipinski definition) is 1. The van der Waals surface area contributed by atoms with Gasteiger partial charge in [-0.1, -0.05) is 31.9 Å². The van der Waals surface area contributed by atoms with Gasteiger partial charge in [0.05, 0.1) is 7.11 Å². The maximum absolute atomic E-state index is 5.26. The summed E-state index contributed by atoms with van der Waals surface area (Å²) in [5, 5.41) is 3.87. The van der Waals surface area contributed by atoms with Crippen LogP contribution in [-0.2, 0) is 0 Å². The molecule has 2 fully saturated rings. The van der Waals surface area contributed by atoms with Gasteiger partial charge in [-0.05, 0) is 61.3 Å². The molecule has 110 valence electrons. The average Bonchev–Trinajstić information content (AvgIpc) is 3.23. The summed E-state index contributed by atoms with van der Waals surface area (Å²) in [7, 11) is 1.73. The van der Waals surface area contributed by atoms with E-state index in [1.807, 2.05) is 0 Å². The predicted molar refractivity (Wildman–Crippen MR) is 83.0 cm³/mol. The third-order valence-electron chi connectivity index (χ3n) is 5.21. The van der Waals surface area contributed by atoms with E-state index in [4.69, 9.17) is 4.74 Å². The molecule has 2 saturated carbocycles. The van der Waals surface area contributed by atoms with E-state index >= 15 is 0 Å². The van der Waals surface area contributed by atoms with Crippen LogP contribution < -0.4 is 10.1 Å². The molecule has 0 amide bonds. The van der Waals surface area contributed by atoms with Gasteiger partial charge < -0.3 is 10.1 Å². The predicted octanol–water partition coefficient (Wildman–Crippen LogP) is 4.17. The van der Waals surface area contributed by atoms with E-state index in [1.54, 1.807) is 7.11 Å². The fourth-order valence-corrected chi connectivity index (χ4v) is 3.60. The van der Waals surface area contributed by atoms with Crippen molar-refractivity contribution in [2.45, 2.75) is 45.1 Å². The highest BCUT2D eigenvalue weighted by atomic mass is 16.5. The summed E-state index contributed by atoms with van der Waals surface area (Å²) in [4.78, 5) is 0. The molecule has 2 aliphatic carbocycles. The molecule has 0 aromatic heterocycles. The van der Waals surface area contributed by atoms with E-state index in [-0.39, 0.29) is 0 Å². The number of benzene rings is 1. The smallest absolute Gasteiger partial charge is 0.118 e. The lowest BCUT2D eigenvalue weighted by Gasteiger charge is -2.23. The van der Waals surface area contributed by atoms with E-state index in [0.717, 1.165) is 23.5 Å². The fraction of sp³-hybridized carbons (Fsp3) is 0.667. The second kappa shape index (κ2) is 6.17. The molecule has 0 heterocycles. The minimum Gasteiger partial charge on any atom is -0.497 e. The van der Waals surface area contributed by atoms with Crippen molar-refractivity contribution in [1.82, 2.24) is 5.32 Å². The van der Waals surface area contributed by atoms with Crippen molar-refractivity contribution in [3.63, 3.8) is 0 Å². The van der Waals surface area contributed by atoms with Crippen LogP contribution in [0.5, 0.6) is 5.75 Å². The van der Waals surface area contributed by atoms with Crippen LogP contribution in [0.4, 0.5) is 0 Å². The second-order valence-corrected chi connectivity index (χ2v) is 6.66. The summed E-state index contributed by atoms with van der Waals surface area (Å²) in [5.41, 5.74) is 1.43. The summed E-state index contributed by atoms with van der Waals surface area (Å²) in [5.74, 6) is 3.58. The molecular weight excluding hydrogens is 246 g/mol. The first-order chi connectivity index (χ1) is 9.78. The SMILES string of the molecule is COc1ccc(C(NCC2CCCC2C)C2CC2)cc1. The molecule has 1 N–H and O–H groups in total. The quantitative estimate of drug-likeness (QED) is 0.840. The molecule has 2 nitrogen and oxygen atoms in total. The molecule has 0 bridgehead atoms. The van der Waals surface area contributed by atoms with Crippen LogP contribution in [0.2, 0.25) is 0 Å². The maximum atomic E-state index is 5.26. The Morgan fingerprint density at radius 1 is 1.15 bits per heavy atom. The lowest BCUT2D eigenvalue weighted by molar-refractivity contribution is 0.355. The molecule has 0 aliphatic heterocycles. The largest absolute Gasteiger partial charge is 0.497 e. The Balaban J connectivity index is 1.62. The highest BCUT2D eigenvalue weighted by molar-refractivity contribution is 5.30. The summed E-state index contributed by atoms with van der Waals surface area (Å²) in [6.45, 7) is 3.60. The third-order valence-corrected chi connectivity index (χ3v) is 5.21. The Morgan fingerprint density at radius 2 is 1.90 bits per heavy atom. The first-order valence-electron chi connectivity index (χ1n) is 8.15. The molecule has 3 rings (SSSR count). The summed E-state index contributed by atoms with van der Waals surface area (Å²) in [6, 6.07) is 9.18. The van der Waals surface area contributed by atoms with Crippen molar-refractivity contribution in [3.05, 3.63) is 29.8 Å². The molecule has 1 aromatic carbocycles. The van der Waals surface area contributed by atoms with Crippen molar-refractivity contribution in [1.29, 1.82) is 0 Å². The van der Waals surface area contributed by atoms with Gasteiger partial charge in [0.1, 0.15) is 5.75 Å². The first-order valence-corrected chi connectivity index (χ1v) is 8.15. The van der Waals surface area contributed by atoms with Crippen LogP contribution in [-0.4, -0.2) is 13.7 Å². The zero-order valence-corrected chi connectivity index (χ0v) is 12.8. The molecule has 20 heavy (non-hydrogen) atoms. The summed E-state index contributed by atoms with van der Waals surface area (Å²) >= 11 is 0. The molecule has 1 aromatic rings. The Kier molecular flexibility index (Phi) is 4.30. The van der Waals surface area contributed by atoms with Gasteiger partial charge in [-0.3, -0.25) is 0 Å². The Labute approximate surface area is 122 Å². The van der Waals surface area contributed by atoms with E-state index < -0.39 is 0 Å². The standard InChI is InChI=1S/C18H27NO/c1-13-4-3-5-16(13)12-19-18(14-6-7-14)15-8-10-17(20-2)11-9-15/h8-11,13-14,16,18-19H,3-7,12H2,1-2H3. The Morgan fingerprint density at radius 3 is 2.45 bits per heavy atom. The first kappa shape index (κ1) is 13.9. The van der Waals surface area contributed by atoms with Crippen molar-refractivity contribution in [2.75, 3.05) is 13.7 Å². The zero-order valence-electron chi connectivity index (χ0n) is 12.8. The molecular formula is C18H27NO. The third kappa shape index (κ3) is 3.17. The monoisotopic (exact) mass is 273 g/mol. The van der Waals surface area contributed by atoms with E-state index in [0.29, 0.717) is 6.04 Å². The molecule has 0 radical (unpaired) electrons. The Hall–Kier alpha value is -1.02. The second-order valence-electron chi connectivity index (χ2n) is 6.66. The van der Waals surface area contributed by atoms with Crippen LogP contribution in [0.1, 0.15) is 50.6 Å². The molecule has 3 atom stereocenters. The number of methoxy groups -OCH3 is 1. The van der Waals surface area contributed by atoms with E-state index in [9.17, 15) is 0 Å². The van der Waals surface area contributed by atoms with E-state index in [2.05, 4.69) is 36.5 Å². The van der Waals surface area contributed by atoms with Crippen molar-refractivity contribution in [3.8, 4) is 5.75 Å². The van der Waals surface area contributed by atoms with Crippen LogP contribution >= 0.6 is 0 Å². The fourth-order valence-electron chi connectivity index (χ4n) is 3.60. The zero-order chi connectivity index (χ0) is 13.9. The van der Waals surface area contributed by atoms with Gasteiger partial charge in [0, 0.05) is 6.04 Å². The maximum Gasteiger partial charge on any atom is 0.118 e. The summed E-state index contributed by atoms with van der Waals surface area (Å²) in [6.07, 6.45) is 7.01. The minimum atomic E-state index is 0.550. The lowest BCUT2D eigenvalue weighted by Crippen LogP contribution is -2.29. The number of rotatable bonds is 6. The lowest BCUT2D eigenvalue weighted by atomic mass is 9.96. The van der Waals surface area contributed by atoms with Crippen LogP contribution in [0.15, 0.2) is 24.3 Å². The van der Waals surface area contributed by atoms with E-state index in [1.165, 1.54) is 44.2 Å². The molecule has 0 spiro atoms. The van der Waals surface area contributed by atoms with Gasteiger partial charge >= 0.3 is 0 Å². The summed E-state index contributed by atoms with van der Waals surface area (Å²) < 4.78 is 5.26. The highest BCUT2D eigenvalue weighted by Crippen LogP contribution is 2.42. The van der Waals surface area contributed by atoms with Gasteiger partial charge in [0.2, 0.25) is 0 Å². The van der Waals surface area contributed by atoms with Gasteiger partial charge in [-0.25, -0.2) is 0 Å². The van der Waals surface area contributed by atoms with Crippen LogP contribution in [0.3, 0.4) is 0 Å². The van der Waals surface area contributed by atoms with Crippen molar-refractivity contribution >= 4 is 0 Å². The molecule has 3 unspecified atom stereocenters. The van der Waals surface area contributed by atoms with Crippen LogP contribution in [0.25, 0.3) is 0 Å². The number of nitrogens with one attached hydrogen (secondary N) is 1. The highest BCUT2D eigenvalue weighted by Gasteiger charge is 2.33. The van der Waals surface area contributed by atoms with Gasteiger partial charge in [0.15, 0.2) is 0 Å². The van der Waals surface area contributed by atoms with Gasteiger partial charge in [-0.15, -0.1) is 0 Å². The molecule has 2 aliphatic rings. The van der Waals surface area contributed by atoms with Crippen molar-refractivity contribution in [2.24, 2.45) is 17.8 Å². The van der Waals surface area contributed by atoms with Crippen molar-refractivity contribution < 1.29 is 4.74 Å². The number of ether oxygens (including phenoxy) is 1. The van der Waals surface area contributed by atoms with Gasteiger partial charge in [-0.2, -0.15) is 0 Å². The van der Waals surface area contributed by atoms with Crippen LogP contribution in [0, 0.1) is 17.8 Å². The average molecular weight is 273 g/mol.